The first-order valence-corrected chi connectivity index (χ1v) is 5.98. The fourth-order valence-electron chi connectivity index (χ4n) is 2.68. The number of hydrogen-bond acceptors (Lipinski definition) is 2. The van der Waals surface area contributed by atoms with Gasteiger partial charge in [0.15, 0.2) is 0 Å². The van der Waals surface area contributed by atoms with E-state index in [0.717, 1.165) is 31.3 Å². The van der Waals surface area contributed by atoms with E-state index in [4.69, 9.17) is 0 Å². The molecule has 4 heteroatoms. The zero-order valence-corrected chi connectivity index (χ0v) is 9.64. The maximum absolute atomic E-state index is 12.0. The topological polar surface area (TPSA) is 58.2 Å². The van der Waals surface area contributed by atoms with Crippen molar-refractivity contribution in [2.45, 2.75) is 39.0 Å². The Hall–Kier alpha value is -1.32. The molecular weight excluding hydrogens is 204 g/mol. The van der Waals surface area contributed by atoms with Gasteiger partial charge in [0.2, 0.25) is 11.8 Å². The summed E-state index contributed by atoms with van der Waals surface area (Å²) in [5.74, 6) is -0.265. The molecule has 0 saturated carbocycles. The third-order valence-corrected chi connectivity index (χ3v) is 3.64. The van der Waals surface area contributed by atoms with Gasteiger partial charge in [-0.1, -0.05) is 13.0 Å². The third-order valence-electron chi connectivity index (χ3n) is 3.64. The number of hydrogen-bond donors (Lipinski definition) is 2. The van der Waals surface area contributed by atoms with E-state index in [1.807, 2.05) is 6.92 Å². The van der Waals surface area contributed by atoms with Crippen molar-refractivity contribution in [1.29, 1.82) is 0 Å². The lowest BCUT2D eigenvalue weighted by atomic mass is 9.71. The van der Waals surface area contributed by atoms with Crippen molar-refractivity contribution in [3.63, 3.8) is 0 Å². The highest BCUT2D eigenvalue weighted by atomic mass is 16.2. The standard InChI is InChI=1S/C12H18N2O2/c1-2-12(9-6-4-3-5-7-9)10(15)13-8-14-11(12)16/h6H,2-5,7-8H2,1H3,(H,13,15)(H,14,16). The van der Waals surface area contributed by atoms with Crippen LogP contribution in [-0.2, 0) is 9.59 Å². The minimum absolute atomic E-state index is 0.132. The summed E-state index contributed by atoms with van der Waals surface area (Å²) in [5.41, 5.74) is 0.0783. The Bertz CT molecular complexity index is 331. The Morgan fingerprint density at radius 3 is 2.44 bits per heavy atom. The Labute approximate surface area is 95.5 Å². The number of carbonyl (C=O) groups is 2. The molecule has 0 unspecified atom stereocenters. The Morgan fingerprint density at radius 1 is 1.25 bits per heavy atom. The quantitative estimate of drug-likeness (QED) is 0.542. The molecule has 2 rings (SSSR count). The van der Waals surface area contributed by atoms with Gasteiger partial charge in [0.25, 0.3) is 0 Å². The molecule has 2 amide bonds. The predicted molar refractivity (Wildman–Crippen MR) is 60.4 cm³/mol. The van der Waals surface area contributed by atoms with Crippen LogP contribution in [0.3, 0.4) is 0 Å². The lowest BCUT2D eigenvalue weighted by Gasteiger charge is -2.37. The molecule has 1 aliphatic heterocycles. The summed E-state index contributed by atoms with van der Waals surface area (Å²) in [6.45, 7) is 2.16. The molecule has 1 fully saturated rings. The van der Waals surface area contributed by atoms with Gasteiger partial charge in [0, 0.05) is 0 Å². The minimum atomic E-state index is -0.932. The fraction of sp³-hybridized carbons (Fsp3) is 0.667. The monoisotopic (exact) mass is 222 g/mol. The van der Waals surface area contributed by atoms with Gasteiger partial charge in [0.05, 0.1) is 6.67 Å². The Kier molecular flexibility index (Phi) is 2.99. The molecule has 2 N–H and O–H groups in total. The van der Waals surface area contributed by atoms with Crippen molar-refractivity contribution in [3.05, 3.63) is 11.6 Å². The molecule has 16 heavy (non-hydrogen) atoms. The van der Waals surface area contributed by atoms with Gasteiger partial charge in [-0.15, -0.1) is 0 Å². The molecule has 0 aromatic heterocycles. The molecule has 1 aliphatic carbocycles. The van der Waals surface area contributed by atoms with Gasteiger partial charge in [-0.3, -0.25) is 9.59 Å². The van der Waals surface area contributed by atoms with Gasteiger partial charge in [-0.2, -0.15) is 0 Å². The van der Waals surface area contributed by atoms with Gasteiger partial charge < -0.3 is 10.6 Å². The molecule has 1 saturated heterocycles. The zero-order chi connectivity index (χ0) is 11.6. The fourth-order valence-corrected chi connectivity index (χ4v) is 2.68. The summed E-state index contributed by atoms with van der Waals surface area (Å²) in [6, 6.07) is 0. The normalized spacial score (nSPS) is 24.4. The summed E-state index contributed by atoms with van der Waals surface area (Å²) < 4.78 is 0. The van der Waals surface area contributed by atoms with E-state index in [-0.39, 0.29) is 18.5 Å². The molecule has 0 aromatic rings. The van der Waals surface area contributed by atoms with Crippen molar-refractivity contribution in [2.75, 3.05) is 6.67 Å². The van der Waals surface area contributed by atoms with Crippen LogP contribution in [0.4, 0.5) is 0 Å². The number of allylic oxidation sites excluding steroid dienone is 1. The zero-order valence-electron chi connectivity index (χ0n) is 9.64. The van der Waals surface area contributed by atoms with Gasteiger partial charge >= 0.3 is 0 Å². The van der Waals surface area contributed by atoms with E-state index in [0.29, 0.717) is 6.42 Å². The van der Waals surface area contributed by atoms with E-state index in [1.54, 1.807) is 0 Å². The van der Waals surface area contributed by atoms with Crippen LogP contribution in [0.25, 0.3) is 0 Å². The molecule has 0 atom stereocenters. The van der Waals surface area contributed by atoms with E-state index in [9.17, 15) is 9.59 Å². The largest absolute Gasteiger partial charge is 0.337 e. The van der Waals surface area contributed by atoms with Crippen LogP contribution < -0.4 is 10.6 Å². The van der Waals surface area contributed by atoms with E-state index >= 15 is 0 Å². The summed E-state index contributed by atoms with van der Waals surface area (Å²) in [4.78, 5) is 24.1. The summed E-state index contributed by atoms with van der Waals surface area (Å²) in [7, 11) is 0. The highest BCUT2D eigenvalue weighted by Crippen LogP contribution is 2.38. The second-order valence-electron chi connectivity index (χ2n) is 4.42. The minimum Gasteiger partial charge on any atom is -0.337 e. The van der Waals surface area contributed by atoms with Crippen LogP contribution in [0.2, 0.25) is 0 Å². The third kappa shape index (κ3) is 1.52. The smallest absolute Gasteiger partial charge is 0.241 e. The Morgan fingerprint density at radius 2 is 1.94 bits per heavy atom. The molecular formula is C12H18N2O2. The van der Waals surface area contributed by atoms with Gasteiger partial charge in [-0.05, 0) is 37.7 Å². The second kappa shape index (κ2) is 4.28. The van der Waals surface area contributed by atoms with Crippen molar-refractivity contribution in [3.8, 4) is 0 Å². The van der Waals surface area contributed by atoms with Crippen LogP contribution in [0.15, 0.2) is 11.6 Å². The van der Waals surface area contributed by atoms with E-state index in [1.165, 1.54) is 0 Å². The molecule has 4 nitrogen and oxygen atoms in total. The van der Waals surface area contributed by atoms with Gasteiger partial charge in [-0.25, -0.2) is 0 Å². The number of nitrogens with one attached hydrogen (secondary N) is 2. The van der Waals surface area contributed by atoms with Crippen LogP contribution >= 0.6 is 0 Å². The van der Waals surface area contributed by atoms with Crippen LogP contribution in [0.5, 0.6) is 0 Å². The second-order valence-corrected chi connectivity index (χ2v) is 4.42. The summed E-state index contributed by atoms with van der Waals surface area (Å²) in [5, 5.41) is 5.48. The predicted octanol–water partition coefficient (Wildman–Crippen LogP) is 1.09. The lowest BCUT2D eigenvalue weighted by molar-refractivity contribution is -0.144. The summed E-state index contributed by atoms with van der Waals surface area (Å²) in [6.07, 6.45) is 6.71. The Balaban J connectivity index is 2.38. The van der Waals surface area contributed by atoms with Crippen molar-refractivity contribution < 1.29 is 9.59 Å². The first kappa shape index (κ1) is 11.2. The van der Waals surface area contributed by atoms with Crippen LogP contribution in [-0.4, -0.2) is 18.5 Å². The van der Waals surface area contributed by atoms with Crippen molar-refractivity contribution in [2.24, 2.45) is 5.41 Å². The first-order chi connectivity index (χ1) is 7.71. The molecule has 2 aliphatic rings. The average Bonchev–Trinajstić information content (AvgIpc) is 2.31. The molecule has 1 heterocycles. The highest BCUT2D eigenvalue weighted by molar-refractivity contribution is 6.09. The first-order valence-electron chi connectivity index (χ1n) is 5.98. The molecule has 88 valence electrons. The van der Waals surface area contributed by atoms with Gasteiger partial charge in [0.1, 0.15) is 5.41 Å². The number of amides is 2. The summed E-state index contributed by atoms with van der Waals surface area (Å²) >= 11 is 0. The molecule has 0 radical (unpaired) electrons. The lowest BCUT2D eigenvalue weighted by Crippen LogP contribution is -2.60. The highest BCUT2D eigenvalue weighted by Gasteiger charge is 2.49. The average molecular weight is 222 g/mol. The molecule has 0 aromatic carbocycles. The number of carbonyl (C=O) groups excluding carboxylic acids is 2. The van der Waals surface area contributed by atoms with Crippen LogP contribution in [0.1, 0.15) is 39.0 Å². The molecule has 0 spiro atoms. The molecule has 0 bridgehead atoms. The number of rotatable bonds is 2. The van der Waals surface area contributed by atoms with Crippen molar-refractivity contribution in [1.82, 2.24) is 10.6 Å². The maximum Gasteiger partial charge on any atom is 0.241 e. The van der Waals surface area contributed by atoms with Crippen molar-refractivity contribution >= 4 is 11.8 Å². The van der Waals surface area contributed by atoms with Crippen LogP contribution in [0, 0.1) is 5.41 Å². The van der Waals surface area contributed by atoms with E-state index in [2.05, 4.69) is 16.7 Å². The van der Waals surface area contributed by atoms with E-state index < -0.39 is 5.41 Å². The maximum atomic E-state index is 12.0. The SMILES string of the molecule is CCC1(C2=CCCCC2)C(=O)NCNC1=O.